The second-order valence-electron chi connectivity index (χ2n) is 4.80. The van der Waals surface area contributed by atoms with Gasteiger partial charge in [-0.15, -0.1) is 0 Å². The standard InChI is InChI=1S/C12H20BrNO2/c13-5-1-10-2-6-14(9-10)12(15)11-3-7-16-8-4-11/h10-11H,1-9H2. The van der Waals surface area contributed by atoms with Gasteiger partial charge in [-0.2, -0.15) is 0 Å². The van der Waals surface area contributed by atoms with Gasteiger partial charge >= 0.3 is 0 Å². The van der Waals surface area contributed by atoms with E-state index in [1.165, 1.54) is 12.8 Å². The van der Waals surface area contributed by atoms with E-state index in [0.29, 0.717) is 11.8 Å². The van der Waals surface area contributed by atoms with Crippen molar-refractivity contribution in [3.63, 3.8) is 0 Å². The van der Waals surface area contributed by atoms with Crippen LogP contribution in [-0.2, 0) is 9.53 Å². The molecule has 2 saturated heterocycles. The molecule has 16 heavy (non-hydrogen) atoms. The van der Waals surface area contributed by atoms with Gasteiger partial charge in [-0.25, -0.2) is 0 Å². The highest BCUT2D eigenvalue weighted by Gasteiger charge is 2.31. The zero-order valence-corrected chi connectivity index (χ0v) is 11.2. The Morgan fingerprint density at radius 3 is 2.75 bits per heavy atom. The topological polar surface area (TPSA) is 29.5 Å². The molecule has 2 aliphatic heterocycles. The molecule has 2 rings (SSSR count). The Hall–Kier alpha value is -0.0900. The summed E-state index contributed by atoms with van der Waals surface area (Å²) in [5, 5.41) is 1.05. The van der Waals surface area contributed by atoms with Crippen molar-refractivity contribution in [3.05, 3.63) is 0 Å². The first-order valence-corrected chi connectivity index (χ1v) is 7.36. The maximum Gasteiger partial charge on any atom is 0.225 e. The summed E-state index contributed by atoms with van der Waals surface area (Å²) in [5.41, 5.74) is 0. The van der Waals surface area contributed by atoms with E-state index in [-0.39, 0.29) is 5.92 Å². The summed E-state index contributed by atoms with van der Waals surface area (Å²) >= 11 is 3.47. The number of ether oxygens (including phenoxy) is 1. The Morgan fingerprint density at radius 2 is 2.06 bits per heavy atom. The van der Waals surface area contributed by atoms with Crippen molar-refractivity contribution in [1.29, 1.82) is 0 Å². The predicted molar refractivity (Wildman–Crippen MR) is 66.6 cm³/mol. The monoisotopic (exact) mass is 289 g/mol. The Balaban J connectivity index is 1.81. The molecule has 4 heteroatoms. The molecule has 1 atom stereocenters. The van der Waals surface area contributed by atoms with Gasteiger partial charge in [0.25, 0.3) is 0 Å². The number of carbonyl (C=O) groups is 1. The van der Waals surface area contributed by atoms with Gasteiger partial charge in [-0.1, -0.05) is 15.9 Å². The van der Waals surface area contributed by atoms with Crippen molar-refractivity contribution >= 4 is 21.8 Å². The largest absolute Gasteiger partial charge is 0.381 e. The number of halogens is 1. The van der Waals surface area contributed by atoms with Crippen molar-refractivity contribution in [2.45, 2.75) is 25.7 Å². The zero-order chi connectivity index (χ0) is 11.4. The normalized spacial score (nSPS) is 27.3. The molecular formula is C12H20BrNO2. The molecule has 2 heterocycles. The summed E-state index contributed by atoms with van der Waals surface area (Å²) in [6, 6.07) is 0. The van der Waals surface area contributed by atoms with E-state index in [1.807, 2.05) is 0 Å². The van der Waals surface area contributed by atoms with Crippen molar-refractivity contribution < 1.29 is 9.53 Å². The number of hydrogen-bond donors (Lipinski definition) is 0. The van der Waals surface area contributed by atoms with E-state index in [9.17, 15) is 4.79 Å². The molecule has 1 amide bonds. The SMILES string of the molecule is O=C(C1CCOCC1)N1CCC(CCBr)C1. The average Bonchev–Trinajstić information content (AvgIpc) is 2.78. The Kier molecular flexibility index (Phi) is 4.65. The minimum Gasteiger partial charge on any atom is -0.381 e. The molecule has 3 nitrogen and oxygen atoms in total. The fourth-order valence-corrected chi connectivity index (χ4v) is 3.27. The molecule has 0 aliphatic carbocycles. The van der Waals surface area contributed by atoms with Crippen molar-refractivity contribution in [2.75, 3.05) is 31.6 Å². The van der Waals surface area contributed by atoms with Crippen molar-refractivity contribution in [1.82, 2.24) is 4.90 Å². The summed E-state index contributed by atoms with van der Waals surface area (Å²) in [6.07, 6.45) is 4.20. The molecule has 2 fully saturated rings. The summed E-state index contributed by atoms with van der Waals surface area (Å²) in [4.78, 5) is 14.3. The smallest absolute Gasteiger partial charge is 0.225 e. The number of rotatable bonds is 3. The third-order valence-corrected chi connectivity index (χ3v) is 4.14. The summed E-state index contributed by atoms with van der Waals surface area (Å²) in [6.45, 7) is 3.46. The lowest BCUT2D eigenvalue weighted by molar-refractivity contribution is -0.137. The maximum atomic E-state index is 12.2. The van der Waals surface area contributed by atoms with Gasteiger partial charge in [0.1, 0.15) is 0 Å². The second kappa shape index (κ2) is 6.01. The summed E-state index contributed by atoms with van der Waals surface area (Å²) in [5.74, 6) is 1.32. The van der Waals surface area contributed by atoms with Crippen LogP contribution in [0.25, 0.3) is 0 Å². The number of likely N-dealkylation sites (tertiary alicyclic amines) is 1. The molecule has 0 radical (unpaired) electrons. The van der Waals surface area contributed by atoms with E-state index in [4.69, 9.17) is 4.74 Å². The molecule has 92 valence electrons. The van der Waals surface area contributed by atoms with Crippen LogP contribution < -0.4 is 0 Å². The van der Waals surface area contributed by atoms with Gasteiger partial charge in [0.2, 0.25) is 5.91 Å². The lowest BCUT2D eigenvalue weighted by atomic mass is 9.99. The molecule has 1 unspecified atom stereocenters. The lowest BCUT2D eigenvalue weighted by Gasteiger charge is -2.26. The Bertz CT molecular complexity index is 241. The maximum absolute atomic E-state index is 12.2. The molecular weight excluding hydrogens is 270 g/mol. The lowest BCUT2D eigenvalue weighted by Crippen LogP contribution is -2.37. The summed E-state index contributed by atoms with van der Waals surface area (Å²) < 4.78 is 5.30. The van der Waals surface area contributed by atoms with Gasteiger partial charge in [0.15, 0.2) is 0 Å². The minimum absolute atomic E-state index is 0.233. The molecule has 0 N–H and O–H groups in total. The quantitative estimate of drug-likeness (QED) is 0.745. The molecule has 0 bridgehead atoms. The fraction of sp³-hybridized carbons (Fsp3) is 0.917. The van der Waals surface area contributed by atoms with Crippen LogP contribution in [0.2, 0.25) is 0 Å². The molecule has 0 saturated carbocycles. The molecule has 0 aromatic heterocycles. The van der Waals surface area contributed by atoms with Crippen LogP contribution >= 0.6 is 15.9 Å². The number of amides is 1. The van der Waals surface area contributed by atoms with Crippen LogP contribution in [0, 0.1) is 11.8 Å². The van der Waals surface area contributed by atoms with Crippen LogP contribution in [-0.4, -0.2) is 42.4 Å². The predicted octanol–water partition coefficient (Wildman–Crippen LogP) is 2.05. The van der Waals surface area contributed by atoms with Crippen LogP contribution in [0.3, 0.4) is 0 Å². The van der Waals surface area contributed by atoms with Crippen LogP contribution in [0.1, 0.15) is 25.7 Å². The van der Waals surface area contributed by atoms with Crippen LogP contribution in [0.4, 0.5) is 0 Å². The zero-order valence-electron chi connectivity index (χ0n) is 9.66. The Labute approximate surface area is 106 Å². The van der Waals surface area contributed by atoms with Gasteiger partial charge in [-0.05, 0) is 31.6 Å². The second-order valence-corrected chi connectivity index (χ2v) is 5.60. The molecule has 0 aromatic rings. The highest BCUT2D eigenvalue weighted by molar-refractivity contribution is 9.09. The van der Waals surface area contributed by atoms with Gasteiger partial charge in [-0.3, -0.25) is 4.79 Å². The molecule has 2 aliphatic rings. The first-order chi connectivity index (χ1) is 7.81. The average molecular weight is 290 g/mol. The van der Waals surface area contributed by atoms with Crippen molar-refractivity contribution in [2.24, 2.45) is 11.8 Å². The van der Waals surface area contributed by atoms with E-state index in [1.54, 1.807) is 0 Å². The number of nitrogens with zero attached hydrogens (tertiary/aromatic N) is 1. The molecule has 0 spiro atoms. The number of hydrogen-bond acceptors (Lipinski definition) is 2. The highest BCUT2D eigenvalue weighted by Crippen LogP contribution is 2.25. The van der Waals surface area contributed by atoms with Gasteiger partial charge in [0, 0.05) is 37.6 Å². The number of alkyl halides is 1. The van der Waals surface area contributed by atoms with E-state index >= 15 is 0 Å². The van der Waals surface area contributed by atoms with Gasteiger partial charge in [0.05, 0.1) is 0 Å². The van der Waals surface area contributed by atoms with Crippen LogP contribution in [0.5, 0.6) is 0 Å². The third kappa shape index (κ3) is 2.98. The first kappa shape index (κ1) is 12.4. The van der Waals surface area contributed by atoms with Crippen LogP contribution in [0.15, 0.2) is 0 Å². The third-order valence-electron chi connectivity index (χ3n) is 3.69. The first-order valence-electron chi connectivity index (χ1n) is 6.23. The van der Waals surface area contributed by atoms with E-state index < -0.39 is 0 Å². The van der Waals surface area contributed by atoms with E-state index in [0.717, 1.165) is 44.5 Å². The van der Waals surface area contributed by atoms with Gasteiger partial charge < -0.3 is 9.64 Å². The fourth-order valence-electron chi connectivity index (χ4n) is 2.63. The highest BCUT2D eigenvalue weighted by atomic mass is 79.9. The Morgan fingerprint density at radius 1 is 1.31 bits per heavy atom. The number of carbonyl (C=O) groups excluding carboxylic acids is 1. The van der Waals surface area contributed by atoms with E-state index in [2.05, 4.69) is 20.8 Å². The van der Waals surface area contributed by atoms with Crippen molar-refractivity contribution in [3.8, 4) is 0 Å². The molecule has 0 aromatic carbocycles. The summed E-state index contributed by atoms with van der Waals surface area (Å²) in [7, 11) is 0. The minimum atomic E-state index is 0.233.